The van der Waals surface area contributed by atoms with Crippen LogP contribution in [0, 0.1) is 6.92 Å². The average molecular weight is 280 g/mol. The predicted octanol–water partition coefficient (Wildman–Crippen LogP) is 2.83. The number of nitrogens with zero attached hydrogens (tertiary/aromatic N) is 5. The van der Waals surface area contributed by atoms with Crippen molar-refractivity contribution < 1.29 is 0 Å². The summed E-state index contributed by atoms with van der Waals surface area (Å²) in [5, 5.41) is 5.50. The molecule has 0 aliphatic carbocycles. The van der Waals surface area contributed by atoms with Gasteiger partial charge in [0.25, 0.3) is 5.95 Å². The minimum atomic E-state index is 0.0429. The summed E-state index contributed by atoms with van der Waals surface area (Å²) in [6.07, 6.45) is 1.82. The van der Waals surface area contributed by atoms with Gasteiger partial charge in [-0.05, 0) is 35.7 Å². The van der Waals surface area contributed by atoms with E-state index in [-0.39, 0.29) is 10.6 Å². The summed E-state index contributed by atoms with van der Waals surface area (Å²) < 4.78 is 1.54. The lowest BCUT2D eigenvalue weighted by Gasteiger charge is -1.98. The Labute approximate surface area is 112 Å². The zero-order valence-corrected chi connectivity index (χ0v) is 10.8. The molecule has 2 heterocycles. The number of fused-ring (bicyclic) bond motifs is 1. The van der Waals surface area contributed by atoms with E-state index in [9.17, 15) is 0 Å². The summed E-state index contributed by atoms with van der Waals surface area (Å²) in [6, 6.07) is 5.93. The molecule has 0 atom stereocenters. The lowest BCUT2D eigenvalue weighted by atomic mass is 10.2. The highest BCUT2D eigenvalue weighted by atomic mass is 35.5. The van der Waals surface area contributed by atoms with Crippen molar-refractivity contribution in [3.05, 3.63) is 40.5 Å². The Hall–Kier alpha value is -1.72. The summed E-state index contributed by atoms with van der Waals surface area (Å²) in [5.41, 5.74) is 1.97. The molecule has 0 radical (unpaired) electrons. The summed E-state index contributed by atoms with van der Waals surface area (Å²) in [6.45, 7) is 1.99. The van der Waals surface area contributed by atoms with Crippen LogP contribution in [0.3, 0.4) is 0 Å². The summed E-state index contributed by atoms with van der Waals surface area (Å²) >= 11 is 11.5. The third kappa shape index (κ3) is 1.91. The first-order valence-corrected chi connectivity index (χ1v) is 5.91. The van der Waals surface area contributed by atoms with Crippen molar-refractivity contribution in [3.63, 3.8) is 0 Å². The topological polar surface area (TPSA) is 56.5 Å². The van der Waals surface area contributed by atoms with Crippen LogP contribution < -0.4 is 0 Å². The predicted molar refractivity (Wildman–Crippen MR) is 69.2 cm³/mol. The van der Waals surface area contributed by atoms with Gasteiger partial charge in [0.2, 0.25) is 10.6 Å². The van der Waals surface area contributed by atoms with Crippen molar-refractivity contribution in [2.75, 3.05) is 0 Å². The molecule has 7 heteroatoms. The molecule has 5 nitrogen and oxygen atoms in total. The number of hydrogen-bond donors (Lipinski definition) is 0. The SMILES string of the molecule is Cc1cccc2cn(-c3nc(Cl)nc(Cl)n3)nc12. The van der Waals surface area contributed by atoms with Crippen LogP contribution in [0.25, 0.3) is 16.9 Å². The van der Waals surface area contributed by atoms with E-state index in [0.717, 1.165) is 16.5 Å². The van der Waals surface area contributed by atoms with Gasteiger partial charge >= 0.3 is 0 Å². The summed E-state index contributed by atoms with van der Waals surface area (Å²) in [4.78, 5) is 11.7. The van der Waals surface area contributed by atoms with Crippen LogP contribution in [0.15, 0.2) is 24.4 Å². The highest BCUT2D eigenvalue weighted by Gasteiger charge is 2.09. The molecule has 0 spiro atoms. The van der Waals surface area contributed by atoms with Gasteiger partial charge in [-0.1, -0.05) is 18.2 Å². The third-order valence-corrected chi connectivity index (χ3v) is 2.85. The molecule has 90 valence electrons. The molecular formula is C11H7Cl2N5. The van der Waals surface area contributed by atoms with E-state index in [1.54, 1.807) is 0 Å². The van der Waals surface area contributed by atoms with Crippen molar-refractivity contribution in [1.82, 2.24) is 24.7 Å². The second kappa shape index (κ2) is 4.19. The minimum Gasteiger partial charge on any atom is -0.205 e. The Balaban J connectivity index is 2.22. The number of aryl methyl sites for hydroxylation is 1. The Morgan fingerprint density at radius 3 is 2.44 bits per heavy atom. The highest BCUT2D eigenvalue weighted by molar-refractivity contribution is 6.31. The molecule has 0 bridgehead atoms. The zero-order valence-electron chi connectivity index (χ0n) is 9.30. The molecule has 0 saturated heterocycles. The Bertz CT molecular complexity index is 717. The quantitative estimate of drug-likeness (QED) is 0.687. The van der Waals surface area contributed by atoms with Crippen molar-refractivity contribution in [3.8, 4) is 5.95 Å². The van der Waals surface area contributed by atoms with E-state index in [4.69, 9.17) is 23.2 Å². The molecule has 0 amide bonds. The zero-order chi connectivity index (χ0) is 12.7. The van der Waals surface area contributed by atoms with Crippen LogP contribution in [-0.2, 0) is 0 Å². The van der Waals surface area contributed by atoms with Crippen molar-refractivity contribution in [1.29, 1.82) is 0 Å². The average Bonchev–Trinajstić information content (AvgIpc) is 2.73. The molecule has 0 saturated carbocycles. The van der Waals surface area contributed by atoms with Gasteiger partial charge in [0.05, 0.1) is 5.52 Å². The summed E-state index contributed by atoms with van der Waals surface area (Å²) in [5.74, 6) is 0.301. The lowest BCUT2D eigenvalue weighted by molar-refractivity contribution is 0.804. The van der Waals surface area contributed by atoms with E-state index in [1.165, 1.54) is 4.68 Å². The van der Waals surface area contributed by atoms with E-state index >= 15 is 0 Å². The second-order valence-corrected chi connectivity index (χ2v) is 4.44. The maximum Gasteiger partial charge on any atom is 0.256 e. The molecule has 0 N–H and O–H groups in total. The first kappa shape index (κ1) is 11.4. The second-order valence-electron chi connectivity index (χ2n) is 3.76. The van der Waals surface area contributed by atoms with Crippen LogP contribution in [0.2, 0.25) is 10.6 Å². The fraction of sp³-hybridized carbons (Fsp3) is 0.0909. The monoisotopic (exact) mass is 279 g/mol. The largest absolute Gasteiger partial charge is 0.256 e. The van der Waals surface area contributed by atoms with Crippen LogP contribution in [0.1, 0.15) is 5.56 Å². The maximum absolute atomic E-state index is 5.74. The third-order valence-electron chi connectivity index (χ3n) is 2.51. The number of halogens is 2. The van der Waals surface area contributed by atoms with Gasteiger partial charge in [-0.2, -0.15) is 20.1 Å². The van der Waals surface area contributed by atoms with E-state index < -0.39 is 0 Å². The number of rotatable bonds is 1. The van der Waals surface area contributed by atoms with Crippen molar-refractivity contribution in [2.24, 2.45) is 0 Å². The van der Waals surface area contributed by atoms with Gasteiger partial charge in [0, 0.05) is 11.6 Å². The van der Waals surface area contributed by atoms with E-state index in [1.807, 2.05) is 31.3 Å². The molecule has 0 aliphatic rings. The molecule has 3 rings (SSSR count). The summed E-state index contributed by atoms with van der Waals surface area (Å²) in [7, 11) is 0. The Kier molecular flexibility index (Phi) is 2.65. The van der Waals surface area contributed by atoms with Crippen LogP contribution >= 0.6 is 23.2 Å². The van der Waals surface area contributed by atoms with Crippen molar-refractivity contribution >= 4 is 34.1 Å². The Morgan fingerprint density at radius 1 is 1.06 bits per heavy atom. The standard InChI is InChI=1S/C11H7Cl2N5/c1-6-3-2-4-7-5-18(17-8(6)7)11-15-9(12)14-10(13)16-11/h2-5H,1H3. The maximum atomic E-state index is 5.74. The molecular weight excluding hydrogens is 273 g/mol. The van der Waals surface area contributed by atoms with Gasteiger partial charge in [-0.15, -0.1) is 0 Å². The molecule has 1 aromatic carbocycles. The smallest absolute Gasteiger partial charge is 0.205 e. The fourth-order valence-electron chi connectivity index (χ4n) is 1.71. The van der Waals surface area contributed by atoms with Gasteiger partial charge in [-0.25, -0.2) is 4.68 Å². The van der Waals surface area contributed by atoms with E-state index in [0.29, 0.717) is 5.95 Å². The van der Waals surface area contributed by atoms with Gasteiger partial charge in [-0.3, -0.25) is 0 Å². The molecule has 18 heavy (non-hydrogen) atoms. The van der Waals surface area contributed by atoms with Crippen molar-refractivity contribution in [2.45, 2.75) is 6.92 Å². The van der Waals surface area contributed by atoms with Crippen LogP contribution in [0.5, 0.6) is 0 Å². The first-order chi connectivity index (χ1) is 8.63. The first-order valence-electron chi connectivity index (χ1n) is 5.16. The lowest BCUT2D eigenvalue weighted by Crippen LogP contribution is -2.03. The Morgan fingerprint density at radius 2 is 1.78 bits per heavy atom. The number of hydrogen-bond acceptors (Lipinski definition) is 4. The van der Waals surface area contributed by atoms with Gasteiger partial charge in [0.15, 0.2) is 0 Å². The number of aromatic nitrogens is 5. The van der Waals surface area contributed by atoms with Crippen LogP contribution in [-0.4, -0.2) is 24.7 Å². The fourth-order valence-corrected chi connectivity index (χ4v) is 2.07. The normalized spacial score (nSPS) is 11.1. The molecule has 0 fully saturated rings. The minimum absolute atomic E-state index is 0.0429. The molecule has 0 unspecified atom stereocenters. The highest BCUT2D eigenvalue weighted by Crippen LogP contribution is 2.18. The van der Waals surface area contributed by atoms with Crippen LogP contribution in [0.4, 0.5) is 0 Å². The van der Waals surface area contributed by atoms with Gasteiger partial charge in [0.1, 0.15) is 0 Å². The van der Waals surface area contributed by atoms with E-state index in [2.05, 4.69) is 20.1 Å². The molecule has 0 aliphatic heterocycles. The molecule has 3 aromatic rings. The number of benzene rings is 1. The van der Waals surface area contributed by atoms with Gasteiger partial charge < -0.3 is 0 Å². The molecule has 2 aromatic heterocycles.